The first kappa shape index (κ1) is 22.4. The van der Waals surface area contributed by atoms with Crippen LogP contribution in [-0.4, -0.2) is 67.9 Å². The van der Waals surface area contributed by atoms with Gasteiger partial charge in [-0.3, -0.25) is 9.59 Å². The van der Waals surface area contributed by atoms with Crippen LogP contribution in [0.4, 0.5) is 5.95 Å². The van der Waals surface area contributed by atoms with Gasteiger partial charge in [0.1, 0.15) is 5.52 Å². The largest absolute Gasteiger partial charge is 0.366 e. The molecule has 1 fully saturated rings. The molecule has 1 aromatic carbocycles. The number of benzene rings is 1. The Morgan fingerprint density at radius 3 is 2.52 bits per heavy atom. The van der Waals surface area contributed by atoms with Crippen LogP contribution in [0.1, 0.15) is 41.6 Å². The van der Waals surface area contributed by atoms with Crippen LogP contribution >= 0.6 is 0 Å². The topological polar surface area (TPSA) is 123 Å². The molecule has 4 rings (SSSR count). The normalized spacial score (nSPS) is 13.9. The number of hydrogen-bond acceptors (Lipinski definition) is 7. The first-order chi connectivity index (χ1) is 16.0. The molecular formula is C23H28N8O2. The minimum absolute atomic E-state index is 0.190. The molecule has 2 amide bonds. The van der Waals surface area contributed by atoms with Crippen LogP contribution in [0.15, 0.2) is 37.2 Å². The number of nitrogens with zero attached hydrogens (tertiary/aromatic N) is 7. The van der Waals surface area contributed by atoms with Gasteiger partial charge >= 0.3 is 0 Å². The summed E-state index contributed by atoms with van der Waals surface area (Å²) in [5, 5.41) is 8.29. The number of amides is 2. The predicted molar refractivity (Wildman–Crippen MR) is 125 cm³/mol. The Bertz CT molecular complexity index is 1130. The first-order valence-electron chi connectivity index (χ1n) is 11.2. The Morgan fingerprint density at radius 1 is 1.06 bits per heavy atom. The predicted octanol–water partition coefficient (Wildman–Crippen LogP) is 1.87. The summed E-state index contributed by atoms with van der Waals surface area (Å²) in [6.07, 6.45) is 8.37. The van der Waals surface area contributed by atoms with Crippen molar-refractivity contribution in [3.63, 3.8) is 0 Å². The van der Waals surface area contributed by atoms with Gasteiger partial charge in [-0.25, -0.2) is 14.6 Å². The highest BCUT2D eigenvalue weighted by molar-refractivity contribution is 5.96. The lowest BCUT2D eigenvalue weighted by molar-refractivity contribution is -0.131. The maximum atomic E-state index is 12.6. The van der Waals surface area contributed by atoms with E-state index in [1.54, 1.807) is 41.4 Å². The number of aromatic nitrogens is 5. The fraction of sp³-hybridized carbons (Fsp3) is 0.391. The third-order valence-electron chi connectivity index (χ3n) is 5.87. The van der Waals surface area contributed by atoms with Crippen LogP contribution in [0.5, 0.6) is 0 Å². The van der Waals surface area contributed by atoms with Gasteiger partial charge in [-0.1, -0.05) is 24.3 Å². The number of carbonyl (C=O) groups excluding carboxylic acids is 2. The molecular weight excluding hydrogens is 420 g/mol. The lowest BCUT2D eigenvalue weighted by Crippen LogP contribution is -2.49. The fourth-order valence-electron chi connectivity index (χ4n) is 3.91. The van der Waals surface area contributed by atoms with Crippen LogP contribution in [0, 0.1) is 0 Å². The molecule has 0 atom stereocenters. The standard InChI is InChI=1S/C23H28N8O2/c1-2-17-15-25-23(26-16-17)30-12-10-29(11-13-30)21(32)6-4-3-5-9-31-20-14-18(22(24)33)7-8-19(20)27-28-31/h2,7-8,14-16H,1,3-6,9-13H2,(H2,24,33). The minimum atomic E-state index is -0.470. The zero-order valence-electron chi connectivity index (χ0n) is 18.6. The summed E-state index contributed by atoms with van der Waals surface area (Å²) >= 11 is 0. The van der Waals surface area contributed by atoms with Gasteiger partial charge in [0.2, 0.25) is 17.8 Å². The Labute approximate surface area is 192 Å². The quantitative estimate of drug-likeness (QED) is 0.496. The number of primary amides is 1. The third kappa shape index (κ3) is 5.33. The SMILES string of the molecule is C=Cc1cnc(N2CCN(C(=O)CCCCCn3nnc4ccc(C(N)=O)cc43)CC2)nc1. The molecule has 0 aliphatic carbocycles. The lowest BCUT2D eigenvalue weighted by atomic mass is 10.1. The Hall–Kier alpha value is -3.82. The van der Waals surface area contributed by atoms with Crippen molar-refractivity contribution in [2.75, 3.05) is 31.1 Å². The van der Waals surface area contributed by atoms with Crippen LogP contribution in [-0.2, 0) is 11.3 Å². The van der Waals surface area contributed by atoms with Crippen molar-refractivity contribution in [3.05, 3.63) is 48.3 Å². The molecule has 2 N–H and O–H groups in total. The number of unbranched alkanes of at least 4 members (excludes halogenated alkanes) is 2. The van der Waals surface area contributed by atoms with Crippen LogP contribution in [0.3, 0.4) is 0 Å². The van der Waals surface area contributed by atoms with Gasteiger partial charge in [0.25, 0.3) is 0 Å². The molecule has 2 aromatic heterocycles. The Kier molecular flexibility index (Phi) is 6.92. The molecule has 0 saturated carbocycles. The minimum Gasteiger partial charge on any atom is -0.366 e. The molecule has 1 aliphatic rings. The fourth-order valence-corrected chi connectivity index (χ4v) is 3.91. The second-order valence-electron chi connectivity index (χ2n) is 8.08. The van der Waals surface area contributed by atoms with Crippen molar-refractivity contribution in [2.24, 2.45) is 5.73 Å². The summed E-state index contributed by atoms with van der Waals surface area (Å²) < 4.78 is 1.78. The molecule has 10 heteroatoms. The zero-order chi connectivity index (χ0) is 23.2. The van der Waals surface area contributed by atoms with Crippen molar-refractivity contribution >= 4 is 34.9 Å². The first-order valence-corrected chi connectivity index (χ1v) is 11.2. The molecule has 0 unspecified atom stereocenters. The van der Waals surface area contributed by atoms with Crippen molar-refractivity contribution in [1.82, 2.24) is 29.9 Å². The second-order valence-corrected chi connectivity index (χ2v) is 8.08. The summed E-state index contributed by atoms with van der Waals surface area (Å²) in [4.78, 5) is 36.8. The van der Waals surface area contributed by atoms with E-state index in [1.807, 2.05) is 4.90 Å². The molecule has 0 spiro atoms. The maximum absolute atomic E-state index is 12.6. The third-order valence-corrected chi connectivity index (χ3v) is 5.87. The molecule has 10 nitrogen and oxygen atoms in total. The van der Waals surface area contributed by atoms with E-state index >= 15 is 0 Å². The number of fused-ring (bicyclic) bond motifs is 1. The number of piperazine rings is 1. The van der Waals surface area contributed by atoms with Crippen LogP contribution < -0.4 is 10.6 Å². The highest BCUT2D eigenvalue weighted by Crippen LogP contribution is 2.16. The van der Waals surface area contributed by atoms with Crippen LogP contribution in [0.2, 0.25) is 0 Å². The zero-order valence-corrected chi connectivity index (χ0v) is 18.6. The number of nitrogens with two attached hydrogens (primary N) is 1. The van der Waals surface area contributed by atoms with E-state index < -0.39 is 5.91 Å². The Morgan fingerprint density at radius 2 is 1.82 bits per heavy atom. The summed E-state index contributed by atoms with van der Waals surface area (Å²) in [5.41, 5.74) is 8.22. The number of aryl methyl sites for hydroxylation is 1. The number of rotatable bonds is 9. The van der Waals surface area contributed by atoms with Gasteiger partial charge in [-0.05, 0) is 31.0 Å². The summed E-state index contributed by atoms with van der Waals surface area (Å²) in [7, 11) is 0. The van der Waals surface area contributed by atoms with Gasteiger partial charge in [0.15, 0.2) is 0 Å². The number of anilines is 1. The molecule has 33 heavy (non-hydrogen) atoms. The summed E-state index contributed by atoms with van der Waals surface area (Å²) in [6.45, 7) is 7.20. The number of carbonyl (C=O) groups is 2. The summed E-state index contributed by atoms with van der Waals surface area (Å²) in [5.74, 6) is 0.410. The van der Waals surface area contributed by atoms with Crippen molar-refractivity contribution in [1.29, 1.82) is 0 Å². The average molecular weight is 449 g/mol. The second kappa shape index (κ2) is 10.2. The van der Waals surface area contributed by atoms with Gasteiger partial charge < -0.3 is 15.5 Å². The molecule has 1 saturated heterocycles. The maximum Gasteiger partial charge on any atom is 0.248 e. The lowest BCUT2D eigenvalue weighted by Gasteiger charge is -2.34. The van der Waals surface area contributed by atoms with E-state index in [0.717, 1.165) is 48.9 Å². The number of hydrogen-bond donors (Lipinski definition) is 1. The van der Waals surface area contributed by atoms with E-state index in [4.69, 9.17) is 5.73 Å². The molecule has 3 heterocycles. The van der Waals surface area contributed by atoms with E-state index in [0.29, 0.717) is 37.6 Å². The average Bonchev–Trinajstić information content (AvgIpc) is 3.26. The van der Waals surface area contributed by atoms with E-state index in [9.17, 15) is 9.59 Å². The van der Waals surface area contributed by atoms with Crippen molar-refractivity contribution in [3.8, 4) is 0 Å². The highest BCUT2D eigenvalue weighted by atomic mass is 16.2. The molecule has 0 radical (unpaired) electrons. The van der Waals surface area contributed by atoms with Gasteiger partial charge in [0.05, 0.1) is 5.52 Å². The summed E-state index contributed by atoms with van der Waals surface area (Å²) in [6, 6.07) is 5.13. The van der Waals surface area contributed by atoms with Crippen LogP contribution in [0.25, 0.3) is 17.1 Å². The Balaban J connectivity index is 1.18. The van der Waals surface area contributed by atoms with Crippen molar-refractivity contribution in [2.45, 2.75) is 32.2 Å². The van der Waals surface area contributed by atoms with Crippen molar-refractivity contribution < 1.29 is 9.59 Å². The van der Waals surface area contributed by atoms with E-state index in [2.05, 4.69) is 31.8 Å². The van der Waals surface area contributed by atoms with Gasteiger partial charge in [0, 0.05) is 62.7 Å². The molecule has 3 aromatic rings. The monoisotopic (exact) mass is 448 g/mol. The highest BCUT2D eigenvalue weighted by Gasteiger charge is 2.22. The van der Waals surface area contributed by atoms with Gasteiger partial charge in [-0.15, -0.1) is 5.10 Å². The van der Waals surface area contributed by atoms with Gasteiger partial charge in [-0.2, -0.15) is 0 Å². The van der Waals surface area contributed by atoms with E-state index in [-0.39, 0.29) is 5.91 Å². The smallest absolute Gasteiger partial charge is 0.248 e. The molecule has 172 valence electrons. The molecule has 0 bridgehead atoms. The molecule has 1 aliphatic heterocycles. The van der Waals surface area contributed by atoms with E-state index in [1.165, 1.54) is 0 Å².